The van der Waals surface area contributed by atoms with Crippen LogP contribution < -0.4 is 0 Å². The summed E-state index contributed by atoms with van der Waals surface area (Å²) in [4.78, 5) is 0. The molecule has 0 N–H and O–H groups in total. The van der Waals surface area contributed by atoms with Gasteiger partial charge in [-0.25, -0.2) is 5.11 Å². The van der Waals surface area contributed by atoms with Gasteiger partial charge in [0.1, 0.15) is 0 Å². The maximum Gasteiger partial charge on any atom is 0.0822 e. The molecule has 12 heavy (non-hydrogen) atoms. The van der Waals surface area contributed by atoms with E-state index >= 15 is 0 Å². The Labute approximate surface area is 73.8 Å². The van der Waals surface area contributed by atoms with Crippen LogP contribution in [0.2, 0.25) is 0 Å². The van der Waals surface area contributed by atoms with Crippen molar-refractivity contribution >= 4 is 0 Å². The normalized spacial score (nSPS) is 10.4. The molecule has 1 aromatic heterocycles. The predicted molar refractivity (Wildman–Crippen MR) is 48.5 cm³/mol. The molecular weight excluding hydrogens is 150 g/mol. The summed E-state index contributed by atoms with van der Waals surface area (Å²) in [5.74, 6) is 0. The highest BCUT2D eigenvalue weighted by Gasteiger charge is 1.90. The molecule has 0 atom stereocenters. The first-order chi connectivity index (χ1) is 5.93. The molecule has 0 aromatic carbocycles. The highest BCUT2D eigenvalue weighted by atomic mass is 16.2. The molecule has 0 unspecified atom stereocenters. The maximum atomic E-state index is 10.1. The van der Waals surface area contributed by atoms with E-state index in [9.17, 15) is 5.11 Å². The van der Waals surface area contributed by atoms with E-state index in [1.165, 1.54) is 12.8 Å². The summed E-state index contributed by atoms with van der Waals surface area (Å²) in [6.07, 6.45) is 8.45. The van der Waals surface area contributed by atoms with Crippen LogP contribution in [0.1, 0.15) is 25.7 Å². The first-order valence-electron chi connectivity index (χ1n) is 4.62. The molecule has 67 valence electrons. The monoisotopic (exact) mass is 166 g/mol. The predicted octanol–water partition coefficient (Wildman–Crippen LogP) is 2.48. The molecule has 0 amide bonds. The molecule has 1 rings (SSSR count). The van der Waals surface area contributed by atoms with Crippen molar-refractivity contribution in [3.05, 3.63) is 24.5 Å². The van der Waals surface area contributed by atoms with Gasteiger partial charge in [0.25, 0.3) is 0 Å². The standard InChI is InChI=1S/C10H16NO/c12-10-6-2-1-3-7-11-8-4-5-9-11/h4-5,8-9H,1-3,6-7,10H2. The summed E-state index contributed by atoms with van der Waals surface area (Å²) in [6, 6.07) is 4.08. The minimum atomic E-state index is 0.0868. The van der Waals surface area contributed by atoms with Crippen molar-refractivity contribution in [1.29, 1.82) is 0 Å². The number of unbranched alkanes of at least 4 members (excludes halogenated alkanes) is 3. The molecule has 0 fully saturated rings. The molecule has 0 aliphatic rings. The lowest BCUT2D eigenvalue weighted by molar-refractivity contribution is 0.185. The van der Waals surface area contributed by atoms with Crippen LogP contribution >= 0.6 is 0 Å². The third-order valence-electron chi connectivity index (χ3n) is 1.98. The Morgan fingerprint density at radius 3 is 2.25 bits per heavy atom. The second-order valence-corrected chi connectivity index (χ2v) is 3.04. The van der Waals surface area contributed by atoms with E-state index in [0.717, 1.165) is 19.4 Å². The smallest absolute Gasteiger partial charge is 0.0822 e. The summed E-state index contributed by atoms with van der Waals surface area (Å²) >= 11 is 0. The third-order valence-corrected chi connectivity index (χ3v) is 1.98. The van der Waals surface area contributed by atoms with Crippen LogP contribution in [0, 0.1) is 0 Å². The second kappa shape index (κ2) is 5.84. The molecule has 0 saturated carbocycles. The highest BCUT2D eigenvalue weighted by Crippen LogP contribution is 2.01. The van der Waals surface area contributed by atoms with Gasteiger partial charge in [-0.05, 0) is 25.0 Å². The Balaban J connectivity index is 1.96. The molecule has 1 heterocycles. The molecule has 0 bridgehead atoms. The van der Waals surface area contributed by atoms with Gasteiger partial charge in [0.15, 0.2) is 0 Å². The van der Waals surface area contributed by atoms with Crippen LogP contribution in [-0.4, -0.2) is 11.2 Å². The molecule has 0 spiro atoms. The van der Waals surface area contributed by atoms with Crippen LogP contribution in [0.25, 0.3) is 0 Å². The van der Waals surface area contributed by atoms with Crippen molar-refractivity contribution in [2.45, 2.75) is 32.2 Å². The van der Waals surface area contributed by atoms with Gasteiger partial charge in [0.2, 0.25) is 0 Å². The first kappa shape index (κ1) is 9.33. The SMILES string of the molecule is [O]CCCCCCn1cccc1. The number of nitrogens with zero attached hydrogens (tertiary/aromatic N) is 1. The zero-order valence-corrected chi connectivity index (χ0v) is 7.41. The Morgan fingerprint density at radius 2 is 1.58 bits per heavy atom. The Bertz CT molecular complexity index is 182. The van der Waals surface area contributed by atoms with Gasteiger partial charge in [-0.2, -0.15) is 0 Å². The lowest BCUT2D eigenvalue weighted by atomic mass is 10.2. The van der Waals surface area contributed by atoms with Crippen molar-refractivity contribution in [2.24, 2.45) is 0 Å². The average molecular weight is 166 g/mol. The molecule has 0 aliphatic heterocycles. The zero-order valence-electron chi connectivity index (χ0n) is 7.41. The summed E-state index contributed by atoms with van der Waals surface area (Å²) in [5, 5.41) is 10.1. The molecule has 0 saturated heterocycles. The molecule has 0 aliphatic carbocycles. The number of aromatic nitrogens is 1. The van der Waals surface area contributed by atoms with Crippen molar-refractivity contribution in [3.8, 4) is 0 Å². The van der Waals surface area contributed by atoms with Gasteiger partial charge in [0.05, 0.1) is 6.61 Å². The Hall–Kier alpha value is -0.760. The van der Waals surface area contributed by atoms with Gasteiger partial charge < -0.3 is 4.57 Å². The molecular formula is C10H16NO. The quantitative estimate of drug-likeness (QED) is 0.580. The van der Waals surface area contributed by atoms with E-state index in [4.69, 9.17) is 0 Å². The van der Waals surface area contributed by atoms with Crippen molar-refractivity contribution in [2.75, 3.05) is 6.61 Å². The minimum absolute atomic E-state index is 0.0868. The lowest BCUT2D eigenvalue weighted by Crippen LogP contribution is -1.93. The van der Waals surface area contributed by atoms with E-state index < -0.39 is 0 Å². The fourth-order valence-electron chi connectivity index (χ4n) is 1.27. The van der Waals surface area contributed by atoms with Crippen LogP contribution in [-0.2, 0) is 11.7 Å². The summed E-state index contributed by atoms with van der Waals surface area (Å²) in [7, 11) is 0. The third kappa shape index (κ3) is 3.58. The summed E-state index contributed by atoms with van der Waals surface area (Å²) in [6.45, 7) is 1.18. The molecule has 1 aromatic rings. The molecule has 1 radical (unpaired) electrons. The van der Waals surface area contributed by atoms with Gasteiger partial charge in [0, 0.05) is 18.9 Å². The van der Waals surface area contributed by atoms with E-state index in [2.05, 4.69) is 17.0 Å². The van der Waals surface area contributed by atoms with Gasteiger partial charge in [-0.15, -0.1) is 0 Å². The Kier molecular flexibility index (Phi) is 4.54. The summed E-state index contributed by atoms with van der Waals surface area (Å²) < 4.78 is 2.18. The Morgan fingerprint density at radius 1 is 0.917 bits per heavy atom. The highest BCUT2D eigenvalue weighted by molar-refractivity contribution is 4.89. The molecule has 2 heteroatoms. The van der Waals surface area contributed by atoms with Crippen molar-refractivity contribution < 1.29 is 5.11 Å². The topological polar surface area (TPSA) is 24.8 Å². The van der Waals surface area contributed by atoms with Crippen LogP contribution in [0.4, 0.5) is 0 Å². The summed E-state index contributed by atoms with van der Waals surface area (Å²) in [5.41, 5.74) is 0. The van der Waals surface area contributed by atoms with Gasteiger partial charge in [-0.1, -0.05) is 12.8 Å². The maximum absolute atomic E-state index is 10.1. The number of hydrogen-bond acceptors (Lipinski definition) is 0. The van der Waals surface area contributed by atoms with E-state index in [-0.39, 0.29) is 6.61 Å². The van der Waals surface area contributed by atoms with Crippen molar-refractivity contribution in [3.63, 3.8) is 0 Å². The lowest BCUT2D eigenvalue weighted by Gasteiger charge is -2.01. The molecule has 2 nitrogen and oxygen atoms in total. The zero-order chi connectivity index (χ0) is 8.65. The fourth-order valence-corrected chi connectivity index (χ4v) is 1.27. The van der Waals surface area contributed by atoms with Gasteiger partial charge >= 0.3 is 0 Å². The van der Waals surface area contributed by atoms with Crippen LogP contribution in [0.3, 0.4) is 0 Å². The van der Waals surface area contributed by atoms with Crippen molar-refractivity contribution in [1.82, 2.24) is 4.57 Å². The van der Waals surface area contributed by atoms with E-state index in [0.29, 0.717) is 0 Å². The second-order valence-electron chi connectivity index (χ2n) is 3.04. The fraction of sp³-hybridized carbons (Fsp3) is 0.600. The minimum Gasteiger partial charge on any atom is -0.354 e. The number of hydrogen-bond donors (Lipinski definition) is 0. The largest absolute Gasteiger partial charge is 0.354 e. The van der Waals surface area contributed by atoms with E-state index in [1.807, 2.05) is 12.1 Å². The average Bonchev–Trinajstić information content (AvgIpc) is 2.57. The first-order valence-corrected chi connectivity index (χ1v) is 4.62. The van der Waals surface area contributed by atoms with Crippen LogP contribution in [0.5, 0.6) is 0 Å². The number of aryl methyl sites for hydroxylation is 1. The van der Waals surface area contributed by atoms with Crippen LogP contribution in [0.15, 0.2) is 24.5 Å². The number of rotatable bonds is 6. The van der Waals surface area contributed by atoms with E-state index in [1.54, 1.807) is 0 Å². The van der Waals surface area contributed by atoms with Gasteiger partial charge in [-0.3, -0.25) is 0 Å².